The molecule has 1 N–H and O–H groups in total. The Bertz CT molecular complexity index is 844. The van der Waals surface area contributed by atoms with Crippen LogP contribution < -0.4 is 0 Å². The highest BCUT2D eigenvalue weighted by atomic mass is 16.5. The van der Waals surface area contributed by atoms with Crippen molar-refractivity contribution in [2.24, 2.45) is 16.7 Å². The Kier molecular flexibility index (Phi) is 31.1. The average Bonchev–Trinajstić information content (AvgIpc) is 3.93. The van der Waals surface area contributed by atoms with Gasteiger partial charge < -0.3 is 19.5 Å². The molecule has 6 heteroatoms. The zero-order valence-electron chi connectivity index (χ0n) is 36.3. The van der Waals surface area contributed by atoms with Gasteiger partial charge in [0.05, 0.1) is 18.6 Å². The van der Waals surface area contributed by atoms with Crippen molar-refractivity contribution in [1.82, 2.24) is 4.90 Å². The van der Waals surface area contributed by atoms with Gasteiger partial charge in [-0.2, -0.15) is 0 Å². The SMILES string of the molecule is CCCCCCCCCOC(=O)C(C)(C)CCCCCCN(CCCO)CCCCC1(CCC(=O)OCCC(CCCCCC)CCCCCC)CC1. The Hall–Kier alpha value is -1.14. The zero-order chi connectivity index (χ0) is 38.9. The Morgan fingerprint density at radius 1 is 0.604 bits per heavy atom. The van der Waals surface area contributed by atoms with Crippen LogP contribution in [0.1, 0.15) is 234 Å². The lowest BCUT2D eigenvalue weighted by Gasteiger charge is -2.24. The lowest BCUT2D eigenvalue weighted by molar-refractivity contribution is -0.154. The molecule has 0 atom stereocenters. The molecular formula is C47H91NO5. The van der Waals surface area contributed by atoms with Crippen molar-refractivity contribution in [3.8, 4) is 0 Å². The van der Waals surface area contributed by atoms with Crippen molar-refractivity contribution in [2.75, 3.05) is 39.5 Å². The van der Waals surface area contributed by atoms with E-state index in [0.29, 0.717) is 31.0 Å². The van der Waals surface area contributed by atoms with Crippen LogP contribution in [0.25, 0.3) is 0 Å². The molecule has 53 heavy (non-hydrogen) atoms. The fraction of sp³-hybridized carbons (Fsp3) is 0.957. The van der Waals surface area contributed by atoms with Crippen molar-refractivity contribution in [2.45, 2.75) is 234 Å². The second-order valence-electron chi connectivity index (χ2n) is 17.8. The summed E-state index contributed by atoms with van der Waals surface area (Å²) < 4.78 is 11.4. The monoisotopic (exact) mass is 750 g/mol. The first-order valence-electron chi connectivity index (χ1n) is 23.4. The molecule has 0 spiro atoms. The Labute approximate surface area is 330 Å². The van der Waals surface area contributed by atoms with E-state index < -0.39 is 5.41 Å². The number of carbonyl (C=O) groups is 2. The minimum atomic E-state index is -0.405. The van der Waals surface area contributed by atoms with Crippen LogP contribution in [0.5, 0.6) is 0 Å². The lowest BCUT2D eigenvalue weighted by Crippen LogP contribution is -2.28. The Morgan fingerprint density at radius 2 is 1.13 bits per heavy atom. The summed E-state index contributed by atoms with van der Waals surface area (Å²) in [7, 11) is 0. The minimum absolute atomic E-state index is 0.0180. The van der Waals surface area contributed by atoms with E-state index >= 15 is 0 Å². The molecule has 314 valence electrons. The predicted octanol–water partition coefficient (Wildman–Crippen LogP) is 13.2. The maximum absolute atomic E-state index is 12.7. The molecule has 0 amide bonds. The van der Waals surface area contributed by atoms with Gasteiger partial charge in [-0.25, -0.2) is 0 Å². The molecule has 0 bridgehead atoms. The molecule has 0 unspecified atom stereocenters. The van der Waals surface area contributed by atoms with Gasteiger partial charge in [-0.1, -0.05) is 149 Å². The normalized spacial score (nSPS) is 14.0. The van der Waals surface area contributed by atoms with E-state index in [2.05, 4.69) is 25.7 Å². The van der Waals surface area contributed by atoms with E-state index in [0.717, 1.165) is 71.0 Å². The van der Waals surface area contributed by atoms with E-state index in [1.165, 1.54) is 141 Å². The Balaban J connectivity index is 2.23. The summed E-state index contributed by atoms with van der Waals surface area (Å²) in [4.78, 5) is 27.9. The number of carbonyl (C=O) groups excluding carboxylic acids is 2. The van der Waals surface area contributed by atoms with Crippen LogP contribution in [0.15, 0.2) is 0 Å². The number of esters is 2. The summed E-state index contributed by atoms with van der Waals surface area (Å²) in [6, 6.07) is 0. The first-order chi connectivity index (χ1) is 25.7. The number of unbranched alkanes of at least 4 members (excludes halogenated alkanes) is 16. The number of hydrogen-bond donors (Lipinski definition) is 1. The van der Waals surface area contributed by atoms with E-state index in [1.54, 1.807) is 0 Å². The molecule has 1 rings (SSSR count). The molecule has 0 saturated heterocycles. The van der Waals surface area contributed by atoms with Gasteiger partial charge in [0.15, 0.2) is 0 Å². The highest BCUT2D eigenvalue weighted by molar-refractivity contribution is 5.75. The van der Waals surface area contributed by atoms with Crippen molar-refractivity contribution < 1.29 is 24.2 Å². The second kappa shape index (κ2) is 33.0. The third kappa shape index (κ3) is 28.0. The van der Waals surface area contributed by atoms with Gasteiger partial charge in [-0.05, 0) is 102 Å². The zero-order valence-corrected chi connectivity index (χ0v) is 36.3. The van der Waals surface area contributed by atoms with Crippen LogP contribution in [0.4, 0.5) is 0 Å². The van der Waals surface area contributed by atoms with Gasteiger partial charge >= 0.3 is 11.9 Å². The summed E-state index contributed by atoms with van der Waals surface area (Å²) in [5, 5.41) is 9.47. The topological polar surface area (TPSA) is 76.1 Å². The summed E-state index contributed by atoms with van der Waals surface area (Å²) in [6.07, 6.45) is 36.8. The van der Waals surface area contributed by atoms with E-state index in [-0.39, 0.29) is 18.5 Å². The van der Waals surface area contributed by atoms with Gasteiger partial charge in [0.2, 0.25) is 0 Å². The molecule has 0 aromatic rings. The summed E-state index contributed by atoms with van der Waals surface area (Å²) in [6.45, 7) is 15.4. The summed E-state index contributed by atoms with van der Waals surface area (Å²) in [5.74, 6) is 0.693. The first kappa shape index (κ1) is 49.9. The van der Waals surface area contributed by atoms with E-state index in [4.69, 9.17) is 9.47 Å². The standard InChI is InChI=1S/C47H91NO5/c1-6-9-12-15-16-19-26-41-53-45(51)46(4,5)32-22-17-18-24-37-48(39-27-40-49)38-25-23-33-47(35-36-47)34-30-44(50)52-42-31-43(28-20-13-10-7-2)29-21-14-11-8-3/h43,49H,6-42H2,1-5H3. The van der Waals surface area contributed by atoms with Crippen molar-refractivity contribution in [3.63, 3.8) is 0 Å². The quantitative estimate of drug-likeness (QED) is 0.0496. The highest BCUT2D eigenvalue weighted by Crippen LogP contribution is 2.53. The summed E-state index contributed by atoms with van der Waals surface area (Å²) in [5.41, 5.74) is -0.0260. The molecule has 1 saturated carbocycles. The maximum Gasteiger partial charge on any atom is 0.311 e. The molecule has 0 heterocycles. The summed E-state index contributed by atoms with van der Waals surface area (Å²) >= 11 is 0. The molecule has 1 fully saturated rings. The van der Waals surface area contributed by atoms with Crippen molar-refractivity contribution in [3.05, 3.63) is 0 Å². The predicted molar refractivity (Wildman–Crippen MR) is 225 cm³/mol. The highest BCUT2D eigenvalue weighted by Gasteiger charge is 2.41. The maximum atomic E-state index is 12.7. The third-order valence-corrected chi connectivity index (χ3v) is 12.2. The van der Waals surface area contributed by atoms with E-state index in [1.807, 2.05) is 13.8 Å². The molecule has 1 aliphatic carbocycles. The van der Waals surface area contributed by atoms with Crippen LogP contribution >= 0.6 is 0 Å². The second-order valence-corrected chi connectivity index (χ2v) is 17.8. The van der Waals surface area contributed by atoms with Gasteiger partial charge in [-0.3, -0.25) is 9.59 Å². The number of aliphatic hydroxyl groups is 1. The van der Waals surface area contributed by atoms with Gasteiger partial charge in [0.1, 0.15) is 0 Å². The van der Waals surface area contributed by atoms with Gasteiger partial charge in [-0.15, -0.1) is 0 Å². The number of ether oxygens (including phenoxy) is 2. The number of nitrogens with zero attached hydrogens (tertiary/aromatic N) is 1. The van der Waals surface area contributed by atoms with Crippen molar-refractivity contribution >= 4 is 11.9 Å². The molecule has 1 aliphatic rings. The van der Waals surface area contributed by atoms with Crippen molar-refractivity contribution in [1.29, 1.82) is 0 Å². The molecule has 0 aromatic carbocycles. The lowest BCUT2D eigenvalue weighted by atomic mass is 9.87. The molecule has 0 radical (unpaired) electrons. The van der Waals surface area contributed by atoms with Crippen LogP contribution in [-0.4, -0.2) is 61.4 Å². The fourth-order valence-electron chi connectivity index (χ4n) is 7.98. The van der Waals surface area contributed by atoms with Gasteiger partial charge in [0.25, 0.3) is 0 Å². The van der Waals surface area contributed by atoms with Crippen LogP contribution in [0, 0.1) is 16.7 Å². The number of hydrogen-bond acceptors (Lipinski definition) is 6. The fourth-order valence-corrected chi connectivity index (χ4v) is 7.98. The molecular weight excluding hydrogens is 659 g/mol. The molecule has 6 nitrogen and oxygen atoms in total. The smallest absolute Gasteiger partial charge is 0.311 e. The number of rotatable bonds is 40. The van der Waals surface area contributed by atoms with Crippen LogP contribution in [0.2, 0.25) is 0 Å². The third-order valence-electron chi connectivity index (χ3n) is 12.2. The number of aliphatic hydroxyl groups excluding tert-OH is 1. The van der Waals surface area contributed by atoms with Crippen LogP contribution in [0.3, 0.4) is 0 Å². The molecule has 0 aliphatic heterocycles. The minimum Gasteiger partial charge on any atom is -0.466 e. The first-order valence-corrected chi connectivity index (χ1v) is 23.4. The van der Waals surface area contributed by atoms with Gasteiger partial charge in [0, 0.05) is 19.6 Å². The van der Waals surface area contributed by atoms with Crippen LogP contribution in [-0.2, 0) is 19.1 Å². The van der Waals surface area contributed by atoms with E-state index in [9.17, 15) is 14.7 Å². The molecule has 0 aromatic heterocycles. The Morgan fingerprint density at radius 3 is 1.74 bits per heavy atom. The largest absolute Gasteiger partial charge is 0.466 e. The average molecular weight is 750 g/mol.